The van der Waals surface area contributed by atoms with Gasteiger partial charge in [-0.1, -0.05) is 18.2 Å². The minimum absolute atomic E-state index is 0.234. The Morgan fingerprint density at radius 1 is 1.30 bits per heavy atom. The fourth-order valence-electron chi connectivity index (χ4n) is 2.19. The van der Waals surface area contributed by atoms with Crippen LogP contribution in [0.3, 0.4) is 0 Å². The summed E-state index contributed by atoms with van der Waals surface area (Å²) >= 11 is 0. The summed E-state index contributed by atoms with van der Waals surface area (Å²) in [5.41, 5.74) is -1.38. The van der Waals surface area contributed by atoms with Crippen LogP contribution in [0.4, 0.5) is 0 Å². The van der Waals surface area contributed by atoms with Crippen molar-refractivity contribution in [2.45, 2.75) is 37.8 Å². The SMILES string of the molecule is CC=CC=CC1OC=C2C(=CC(=O)C(C)(O)C2O)C1O. The van der Waals surface area contributed by atoms with Gasteiger partial charge in [0.05, 0.1) is 6.26 Å². The lowest BCUT2D eigenvalue weighted by Crippen LogP contribution is -2.52. The minimum atomic E-state index is -1.90. The van der Waals surface area contributed by atoms with Crippen molar-refractivity contribution in [3.8, 4) is 0 Å². The predicted octanol–water partition coefficient (Wildman–Crippen LogP) is 0.383. The molecule has 5 nitrogen and oxygen atoms in total. The zero-order valence-electron chi connectivity index (χ0n) is 11.4. The summed E-state index contributed by atoms with van der Waals surface area (Å²) in [4.78, 5) is 11.8. The largest absolute Gasteiger partial charge is 0.490 e. The zero-order valence-corrected chi connectivity index (χ0v) is 11.4. The lowest BCUT2D eigenvalue weighted by atomic mass is 9.77. The molecule has 0 aromatic heterocycles. The molecular formula is C15H18O5. The first-order valence-electron chi connectivity index (χ1n) is 6.39. The average molecular weight is 278 g/mol. The first-order valence-corrected chi connectivity index (χ1v) is 6.39. The van der Waals surface area contributed by atoms with Gasteiger partial charge in [0.15, 0.2) is 11.4 Å². The van der Waals surface area contributed by atoms with Crippen LogP contribution in [0.1, 0.15) is 13.8 Å². The maximum atomic E-state index is 11.8. The molecule has 2 rings (SSSR count). The number of hydrogen-bond acceptors (Lipinski definition) is 5. The molecule has 1 aliphatic carbocycles. The van der Waals surface area contributed by atoms with Gasteiger partial charge in [-0.2, -0.15) is 0 Å². The second kappa shape index (κ2) is 5.36. The maximum absolute atomic E-state index is 11.8. The normalized spacial score (nSPS) is 37.6. The summed E-state index contributed by atoms with van der Waals surface area (Å²) in [5, 5.41) is 30.2. The van der Waals surface area contributed by atoms with Crippen LogP contribution >= 0.6 is 0 Å². The van der Waals surface area contributed by atoms with Crippen LogP contribution in [0.2, 0.25) is 0 Å². The van der Waals surface area contributed by atoms with Gasteiger partial charge in [-0.3, -0.25) is 4.79 Å². The second-order valence-electron chi connectivity index (χ2n) is 5.04. The third-order valence-corrected chi connectivity index (χ3v) is 3.53. The molecule has 0 aromatic rings. The molecule has 0 aromatic carbocycles. The van der Waals surface area contributed by atoms with E-state index in [1.54, 1.807) is 18.2 Å². The summed E-state index contributed by atoms with van der Waals surface area (Å²) in [7, 11) is 0. The van der Waals surface area contributed by atoms with E-state index in [1.807, 2.05) is 13.0 Å². The number of aliphatic hydroxyl groups is 3. The Morgan fingerprint density at radius 2 is 2.00 bits per heavy atom. The van der Waals surface area contributed by atoms with Gasteiger partial charge >= 0.3 is 0 Å². The van der Waals surface area contributed by atoms with E-state index in [4.69, 9.17) is 4.74 Å². The van der Waals surface area contributed by atoms with Crippen molar-refractivity contribution in [3.05, 3.63) is 47.8 Å². The molecule has 0 radical (unpaired) electrons. The van der Waals surface area contributed by atoms with Crippen LogP contribution in [-0.4, -0.2) is 45.0 Å². The Morgan fingerprint density at radius 3 is 2.65 bits per heavy atom. The third-order valence-electron chi connectivity index (χ3n) is 3.53. The Balaban J connectivity index is 2.33. The van der Waals surface area contributed by atoms with Gasteiger partial charge in [0, 0.05) is 5.57 Å². The van der Waals surface area contributed by atoms with Gasteiger partial charge in [0.1, 0.15) is 18.3 Å². The summed E-state index contributed by atoms with van der Waals surface area (Å²) < 4.78 is 5.35. The van der Waals surface area contributed by atoms with Crippen LogP contribution in [0, 0.1) is 0 Å². The molecule has 0 spiro atoms. The molecule has 2 aliphatic rings. The molecule has 4 atom stereocenters. The molecule has 0 amide bonds. The lowest BCUT2D eigenvalue weighted by Gasteiger charge is -2.38. The van der Waals surface area contributed by atoms with Crippen molar-refractivity contribution in [1.29, 1.82) is 0 Å². The van der Waals surface area contributed by atoms with Gasteiger partial charge in [-0.15, -0.1) is 0 Å². The summed E-state index contributed by atoms with van der Waals surface area (Å²) in [5.74, 6) is -0.630. The Hall–Kier alpha value is -1.69. The van der Waals surface area contributed by atoms with Gasteiger partial charge < -0.3 is 20.1 Å². The van der Waals surface area contributed by atoms with Crippen molar-refractivity contribution < 1.29 is 24.9 Å². The number of ether oxygens (including phenoxy) is 1. The van der Waals surface area contributed by atoms with E-state index < -0.39 is 29.7 Å². The van der Waals surface area contributed by atoms with E-state index in [9.17, 15) is 20.1 Å². The smallest absolute Gasteiger partial charge is 0.190 e. The molecule has 20 heavy (non-hydrogen) atoms. The highest BCUT2D eigenvalue weighted by molar-refractivity contribution is 6.00. The number of hydrogen-bond donors (Lipinski definition) is 3. The third kappa shape index (κ3) is 2.35. The molecule has 108 valence electrons. The topological polar surface area (TPSA) is 87.0 Å². The monoisotopic (exact) mass is 278 g/mol. The quantitative estimate of drug-likeness (QED) is 0.636. The highest BCUT2D eigenvalue weighted by atomic mass is 16.5. The molecule has 3 N–H and O–H groups in total. The van der Waals surface area contributed by atoms with Gasteiger partial charge in [-0.05, 0) is 31.6 Å². The van der Waals surface area contributed by atoms with Crippen LogP contribution in [-0.2, 0) is 9.53 Å². The summed E-state index contributed by atoms with van der Waals surface area (Å²) in [6.45, 7) is 3.10. The van der Waals surface area contributed by atoms with Crippen molar-refractivity contribution in [2.24, 2.45) is 0 Å². The van der Waals surface area contributed by atoms with Crippen molar-refractivity contribution in [2.75, 3.05) is 0 Å². The molecule has 0 bridgehead atoms. The highest BCUT2D eigenvalue weighted by Crippen LogP contribution is 2.36. The maximum Gasteiger partial charge on any atom is 0.190 e. The Labute approximate surface area is 117 Å². The fraction of sp³-hybridized carbons (Fsp3) is 0.400. The molecule has 0 fully saturated rings. The fourth-order valence-corrected chi connectivity index (χ4v) is 2.19. The van der Waals surface area contributed by atoms with Crippen molar-refractivity contribution in [3.63, 3.8) is 0 Å². The van der Waals surface area contributed by atoms with Gasteiger partial charge in [0.25, 0.3) is 0 Å². The number of ketones is 1. The summed E-state index contributed by atoms with van der Waals surface area (Å²) in [6, 6.07) is 0. The molecule has 1 heterocycles. The first-order chi connectivity index (χ1) is 9.39. The molecule has 1 aliphatic heterocycles. The van der Waals surface area contributed by atoms with Crippen molar-refractivity contribution >= 4 is 5.78 Å². The number of carbonyl (C=O) groups excluding carboxylic acids is 1. The van der Waals surface area contributed by atoms with Crippen LogP contribution in [0.5, 0.6) is 0 Å². The lowest BCUT2D eigenvalue weighted by molar-refractivity contribution is -0.141. The van der Waals surface area contributed by atoms with E-state index in [2.05, 4.69) is 0 Å². The number of allylic oxidation sites excluding steroid dienone is 3. The zero-order chi connectivity index (χ0) is 14.9. The van der Waals surface area contributed by atoms with Crippen LogP contribution in [0.25, 0.3) is 0 Å². The molecule has 0 saturated carbocycles. The van der Waals surface area contributed by atoms with E-state index in [1.165, 1.54) is 19.3 Å². The van der Waals surface area contributed by atoms with Crippen LogP contribution in [0.15, 0.2) is 47.8 Å². The molecule has 5 heteroatoms. The number of aliphatic hydroxyl groups excluding tert-OH is 2. The number of rotatable bonds is 2. The standard InChI is InChI=1S/C15H18O5/c1-3-4-5-6-11-13(17)9-7-12(16)15(2,19)14(18)10(9)8-20-11/h3-8,11,13-14,17-19H,1-2H3. The minimum Gasteiger partial charge on any atom is -0.490 e. The van der Waals surface area contributed by atoms with E-state index >= 15 is 0 Å². The van der Waals surface area contributed by atoms with E-state index in [-0.39, 0.29) is 11.1 Å². The highest BCUT2D eigenvalue weighted by Gasteiger charge is 2.47. The van der Waals surface area contributed by atoms with E-state index in [0.717, 1.165) is 0 Å². The number of fused-ring (bicyclic) bond motifs is 1. The summed E-state index contributed by atoms with van der Waals surface area (Å²) in [6.07, 6.45) is 6.34. The average Bonchev–Trinajstić information content (AvgIpc) is 2.40. The first kappa shape index (κ1) is 14.7. The molecular weight excluding hydrogens is 260 g/mol. The Kier molecular flexibility index (Phi) is 3.94. The number of carbonyl (C=O) groups is 1. The Bertz CT molecular complexity index is 524. The molecule has 4 unspecified atom stereocenters. The second-order valence-corrected chi connectivity index (χ2v) is 5.04. The van der Waals surface area contributed by atoms with Crippen molar-refractivity contribution in [1.82, 2.24) is 0 Å². The van der Waals surface area contributed by atoms with E-state index in [0.29, 0.717) is 0 Å². The van der Waals surface area contributed by atoms with Crippen LogP contribution < -0.4 is 0 Å². The molecule has 0 saturated heterocycles. The van der Waals surface area contributed by atoms with Gasteiger partial charge in [0.2, 0.25) is 0 Å². The predicted molar refractivity (Wildman–Crippen MR) is 72.6 cm³/mol. The van der Waals surface area contributed by atoms with Gasteiger partial charge in [-0.25, -0.2) is 0 Å².